The summed E-state index contributed by atoms with van der Waals surface area (Å²) >= 11 is 0. The molecule has 0 N–H and O–H groups in total. The van der Waals surface area contributed by atoms with Gasteiger partial charge in [-0.3, -0.25) is 0 Å². The van der Waals surface area contributed by atoms with Crippen LogP contribution in [0.4, 0.5) is 0 Å². The molecule has 31 heavy (non-hydrogen) atoms. The molecular weight excluding hydrogens is 372 g/mol. The molecule has 0 fully saturated rings. The maximum absolute atomic E-state index is 2.36. The van der Waals surface area contributed by atoms with Gasteiger partial charge in [-0.1, -0.05) is 132 Å². The van der Waals surface area contributed by atoms with Gasteiger partial charge in [-0.25, -0.2) is 0 Å². The first-order valence-electron chi connectivity index (χ1n) is 11.7. The van der Waals surface area contributed by atoms with Crippen molar-refractivity contribution in [1.29, 1.82) is 0 Å². The molecule has 0 saturated carbocycles. The Hall–Kier alpha value is -2.86. The van der Waals surface area contributed by atoms with Gasteiger partial charge in [0, 0.05) is 5.41 Å². The molecule has 0 amide bonds. The third-order valence-electron chi connectivity index (χ3n) is 5.62. The highest BCUT2D eigenvalue weighted by Gasteiger charge is 2.35. The Labute approximate surface area is 190 Å². The maximum atomic E-state index is 2.36. The average Bonchev–Trinajstić information content (AvgIpc) is 3.02. The van der Waals surface area contributed by atoms with Crippen LogP contribution in [0.1, 0.15) is 81.8 Å². The molecule has 0 heterocycles. The van der Waals surface area contributed by atoms with Gasteiger partial charge in [-0.2, -0.15) is 0 Å². The normalized spacial score (nSPS) is 13.2. The van der Waals surface area contributed by atoms with Crippen molar-refractivity contribution >= 4 is 18.2 Å². The molecule has 4 rings (SSSR count). The molecule has 0 radical (unpaired) electrons. The zero-order chi connectivity index (χ0) is 23.0. The average molecular weight is 411 g/mol. The number of hydrogen-bond donors (Lipinski definition) is 0. The quantitative estimate of drug-likeness (QED) is 0.377. The third kappa shape index (κ3) is 5.25. The van der Waals surface area contributed by atoms with Crippen molar-refractivity contribution in [3.8, 4) is 11.1 Å². The number of allylic oxidation sites excluding steroid dienone is 1. The van der Waals surface area contributed by atoms with Crippen LogP contribution in [0.15, 0.2) is 66.7 Å². The lowest BCUT2D eigenvalue weighted by atomic mass is 9.81. The molecule has 1 aliphatic carbocycles. The van der Waals surface area contributed by atoms with Gasteiger partial charge in [0.05, 0.1) is 0 Å². The van der Waals surface area contributed by atoms with Crippen molar-refractivity contribution < 1.29 is 0 Å². The monoisotopic (exact) mass is 410 g/mol. The van der Waals surface area contributed by atoms with Crippen LogP contribution in [0, 0.1) is 6.92 Å². The van der Waals surface area contributed by atoms with E-state index >= 15 is 0 Å². The predicted octanol–water partition coefficient (Wildman–Crippen LogP) is 9.56. The van der Waals surface area contributed by atoms with Crippen molar-refractivity contribution in [2.45, 2.75) is 60.8 Å². The molecule has 0 aromatic heterocycles. The van der Waals surface area contributed by atoms with E-state index in [2.05, 4.69) is 106 Å². The van der Waals surface area contributed by atoms with Crippen molar-refractivity contribution in [3.05, 3.63) is 100 Å². The van der Waals surface area contributed by atoms with E-state index in [-0.39, 0.29) is 5.41 Å². The largest absolute Gasteiger partial charge is 0.0871 e. The van der Waals surface area contributed by atoms with Crippen LogP contribution in [0.3, 0.4) is 0 Å². The van der Waals surface area contributed by atoms with Gasteiger partial charge in [0.25, 0.3) is 0 Å². The van der Waals surface area contributed by atoms with Crippen LogP contribution in [0.5, 0.6) is 0 Å². The van der Waals surface area contributed by atoms with Gasteiger partial charge in [-0.15, -0.1) is 0 Å². The lowest BCUT2D eigenvalue weighted by Gasteiger charge is -2.22. The number of rotatable bonds is 3. The molecule has 0 spiro atoms. The predicted molar refractivity (Wildman–Crippen MR) is 142 cm³/mol. The third-order valence-corrected chi connectivity index (χ3v) is 5.62. The molecule has 0 unspecified atom stereocenters. The van der Waals surface area contributed by atoms with Gasteiger partial charge >= 0.3 is 0 Å². The van der Waals surface area contributed by atoms with Gasteiger partial charge in [0.15, 0.2) is 0 Å². The van der Waals surface area contributed by atoms with Crippen molar-refractivity contribution in [1.82, 2.24) is 0 Å². The molecule has 0 nitrogen and oxygen atoms in total. The topological polar surface area (TPSA) is 0 Å². The van der Waals surface area contributed by atoms with Gasteiger partial charge < -0.3 is 0 Å². The highest BCUT2D eigenvalue weighted by molar-refractivity contribution is 5.83. The Balaban J connectivity index is 0.000000807. The van der Waals surface area contributed by atoms with Crippen LogP contribution in [-0.2, 0) is 5.41 Å². The van der Waals surface area contributed by atoms with E-state index in [0.29, 0.717) is 0 Å². The summed E-state index contributed by atoms with van der Waals surface area (Å²) in [6.07, 6.45) is 8.60. The maximum Gasteiger partial charge on any atom is 0.0159 e. The lowest BCUT2D eigenvalue weighted by Crippen LogP contribution is -2.15. The van der Waals surface area contributed by atoms with Crippen molar-refractivity contribution in [2.75, 3.05) is 0 Å². The van der Waals surface area contributed by atoms with Gasteiger partial charge in [0.1, 0.15) is 0 Å². The molecule has 0 aliphatic heterocycles. The highest BCUT2D eigenvalue weighted by Crippen LogP contribution is 2.49. The van der Waals surface area contributed by atoms with Crippen LogP contribution in [0.25, 0.3) is 29.4 Å². The second-order valence-electron chi connectivity index (χ2n) is 7.98. The first-order chi connectivity index (χ1) is 15.0. The minimum Gasteiger partial charge on any atom is -0.0871 e. The molecule has 0 atom stereocenters. The SMILES string of the molecule is C/C=C/c1ccc(/C=C/c2ccc3c(c2)C(C)(C)c2cc(C)ccc2-3)cc1.CC.CC. The molecule has 162 valence electrons. The zero-order valence-corrected chi connectivity index (χ0v) is 20.6. The molecule has 3 aromatic rings. The first kappa shape index (κ1) is 24.4. The zero-order valence-electron chi connectivity index (χ0n) is 20.6. The van der Waals surface area contributed by atoms with E-state index in [1.165, 1.54) is 44.5 Å². The van der Waals surface area contributed by atoms with E-state index in [9.17, 15) is 0 Å². The van der Waals surface area contributed by atoms with Crippen LogP contribution in [0.2, 0.25) is 0 Å². The molecule has 1 aliphatic rings. The Morgan fingerprint density at radius 1 is 0.581 bits per heavy atom. The van der Waals surface area contributed by atoms with E-state index in [4.69, 9.17) is 0 Å². The summed E-state index contributed by atoms with van der Waals surface area (Å²) in [6, 6.07) is 22.4. The molecule has 0 bridgehead atoms. The summed E-state index contributed by atoms with van der Waals surface area (Å²) in [4.78, 5) is 0. The van der Waals surface area contributed by atoms with Crippen molar-refractivity contribution in [2.24, 2.45) is 0 Å². The minimum atomic E-state index is 0.0503. The Morgan fingerprint density at radius 3 is 1.61 bits per heavy atom. The second-order valence-corrected chi connectivity index (χ2v) is 7.98. The lowest BCUT2D eigenvalue weighted by molar-refractivity contribution is 0.659. The number of benzene rings is 3. The first-order valence-corrected chi connectivity index (χ1v) is 11.7. The summed E-state index contributed by atoms with van der Waals surface area (Å²) in [5.74, 6) is 0. The highest BCUT2D eigenvalue weighted by atomic mass is 14.4. The molecule has 0 heteroatoms. The fourth-order valence-electron chi connectivity index (χ4n) is 4.08. The van der Waals surface area contributed by atoms with E-state index in [1.807, 2.05) is 34.6 Å². The summed E-state index contributed by atoms with van der Waals surface area (Å²) in [7, 11) is 0. The van der Waals surface area contributed by atoms with Crippen LogP contribution < -0.4 is 0 Å². The Morgan fingerprint density at radius 2 is 1.03 bits per heavy atom. The Bertz CT molecular complexity index is 1040. The second kappa shape index (κ2) is 11.0. The fourth-order valence-corrected chi connectivity index (χ4v) is 4.08. The van der Waals surface area contributed by atoms with Crippen molar-refractivity contribution in [3.63, 3.8) is 0 Å². The number of fused-ring (bicyclic) bond motifs is 3. The van der Waals surface area contributed by atoms with E-state index in [1.54, 1.807) is 0 Å². The van der Waals surface area contributed by atoms with E-state index < -0.39 is 0 Å². The number of aryl methyl sites for hydroxylation is 1. The summed E-state index contributed by atoms with van der Waals surface area (Å²) < 4.78 is 0. The van der Waals surface area contributed by atoms with Gasteiger partial charge in [-0.05, 0) is 52.8 Å². The van der Waals surface area contributed by atoms with E-state index in [0.717, 1.165) is 0 Å². The van der Waals surface area contributed by atoms with Crippen LogP contribution >= 0.6 is 0 Å². The number of hydrogen-bond acceptors (Lipinski definition) is 0. The minimum absolute atomic E-state index is 0.0503. The summed E-state index contributed by atoms with van der Waals surface area (Å²) in [6.45, 7) is 16.9. The summed E-state index contributed by atoms with van der Waals surface area (Å²) in [5, 5.41) is 0. The fraction of sp³-hybridized carbons (Fsp3) is 0.290. The smallest absolute Gasteiger partial charge is 0.0159 e. The Kier molecular flexibility index (Phi) is 8.63. The molecular formula is C31H38. The standard InChI is InChI=1S/C27H26.2C2H6/c1-5-6-20-8-10-21(11-9-20)12-13-22-14-16-24-23-15-7-19(2)17-25(23)27(3,4)26(24)18-22;2*1-2/h5-18H,1-4H3;2*1-2H3/b6-5+,13-12+;;. The van der Waals surface area contributed by atoms with Crippen LogP contribution in [-0.4, -0.2) is 0 Å². The van der Waals surface area contributed by atoms with Gasteiger partial charge in [0.2, 0.25) is 0 Å². The molecule has 0 saturated heterocycles. The molecule has 3 aromatic carbocycles. The summed E-state index contributed by atoms with van der Waals surface area (Å²) in [5.41, 5.74) is 10.7.